The summed E-state index contributed by atoms with van der Waals surface area (Å²) < 4.78 is 11.6. The van der Waals surface area contributed by atoms with Crippen molar-refractivity contribution in [3.63, 3.8) is 0 Å². The number of hydrogen-bond acceptors (Lipinski definition) is 3. The van der Waals surface area contributed by atoms with Gasteiger partial charge in [-0.05, 0) is 43.1 Å². The van der Waals surface area contributed by atoms with Crippen molar-refractivity contribution in [2.75, 3.05) is 6.61 Å². The molecule has 4 heteroatoms. The van der Waals surface area contributed by atoms with Crippen molar-refractivity contribution in [2.45, 2.75) is 85.0 Å². The number of hydrogen-bond donors (Lipinski definition) is 0. The van der Waals surface area contributed by atoms with Gasteiger partial charge in [-0.3, -0.25) is 4.79 Å². The van der Waals surface area contributed by atoms with E-state index in [1.807, 2.05) is 6.08 Å². The van der Waals surface area contributed by atoms with Gasteiger partial charge in [0, 0.05) is 19.8 Å². The molecule has 3 nitrogen and oxygen atoms in total. The molecular weight excluding hydrogens is 304 g/mol. The van der Waals surface area contributed by atoms with E-state index in [4.69, 9.17) is 9.16 Å². The van der Waals surface area contributed by atoms with Gasteiger partial charge in [-0.25, -0.2) is 0 Å². The average molecular weight is 339 g/mol. The normalized spacial score (nSPS) is 14.0. The summed E-state index contributed by atoms with van der Waals surface area (Å²) in [6.07, 6.45) is 4.58. The van der Waals surface area contributed by atoms with Gasteiger partial charge in [0.2, 0.25) is 0 Å². The van der Waals surface area contributed by atoms with Crippen LogP contribution in [0.3, 0.4) is 0 Å². The standard InChI is InChI=1S/C19H34O3Si/c1-9-10-11-12-13-18(16(2)14-15-21-17(3)20)22-23(7,8)19(4,5)6/h14,18H,9,12-13,15H2,1-8H3/b16-14+/t18-/m0/s1. The molecular formula is C19H34O3Si. The zero-order valence-corrected chi connectivity index (χ0v) is 17.2. The molecule has 0 heterocycles. The summed E-state index contributed by atoms with van der Waals surface area (Å²) in [4.78, 5) is 10.9. The van der Waals surface area contributed by atoms with Crippen LogP contribution in [0.1, 0.15) is 60.8 Å². The summed E-state index contributed by atoms with van der Waals surface area (Å²) in [5.41, 5.74) is 1.12. The van der Waals surface area contributed by atoms with Crippen molar-refractivity contribution in [2.24, 2.45) is 0 Å². The molecule has 0 saturated heterocycles. The Balaban J connectivity index is 5.03. The molecule has 0 rings (SSSR count). The third-order valence-corrected chi connectivity index (χ3v) is 8.76. The lowest BCUT2D eigenvalue weighted by atomic mass is 10.1. The van der Waals surface area contributed by atoms with Crippen LogP contribution in [0.2, 0.25) is 18.1 Å². The van der Waals surface area contributed by atoms with Crippen LogP contribution in [0.4, 0.5) is 0 Å². The highest BCUT2D eigenvalue weighted by molar-refractivity contribution is 6.74. The molecule has 0 aliphatic carbocycles. The summed E-state index contributed by atoms with van der Waals surface area (Å²) in [6.45, 7) is 17.1. The topological polar surface area (TPSA) is 35.5 Å². The Kier molecular flexibility index (Phi) is 9.49. The maximum atomic E-state index is 10.9. The first-order valence-corrected chi connectivity index (χ1v) is 11.4. The van der Waals surface area contributed by atoms with E-state index in [0.717, 1.165) is 24.8 Å². The van der Waals surface area contributed by atoms with Crippen LogP contribution in [0.5, 0.6) is 0 Å². The predicted molar refractivity (Wildman–Crippen MR) is 99.8 cm³/mol. The molecule has 0 spiro atoms. The van der Waals surface area contributed by atoms with Crippen molar-refractivity contribution in [1.29, 1.82) is 0 Å². The Bertz CT molecular complexity index is 461. The number of esters is 1. The Hall–Kier alpha value is -1.05. The second kappa shape index (κ2) is 9.95. The van der Waals surface area contributed by atoms with Crippen molar-refractivity contribution in [3.05, 3.63) is 11.6 Å². The van der Waals surface area contributed by atoms with Gasteiger partial charge < -0.3 is 9.16 Å². The van der Waals surface area contributed by atoms with Crippen LogP contribution >= 0.6 is 0 Å². The zero-order valence-electron chi connectivity index (χ0n) is 16.2. The fourth-order valence-electron chi connectivity index (χ4n) is 1.75. The minimum atomic E-state index is -1.86. The fraction of sp³-hybridized carbons (Fsp3) is 0.737. The van der Waals surface area contributed by atoms with Gasteiger partial charge in [0.1, 0.15) is 6.61 Å². The third kappa shape index (κ3) is 8.97. The van der Waals surface area contributed by atoms with Gasteiger partial charge in [-0.15, -0.1) is 11.8 Å². The Morgan fingerprint density at radius 3 is 2.30 bits per heavy atom. The van der Waals surface area contributed by atoms with Crippen molar-refractivity contribution in [3.8, 4) is 11.8 Å². The number of carbonyl (C=O) groups excluding carboxylic acids is 1. The van der Waals surface area contributed by atoms with E-state index in [9.17, 15) is 4.79 Å². The van der Waals surface area contributed by atoms with E-state index >= 15 is 0 Å². The van der Waals surface area contributed by atoms with E-state index in [1.54, 1.807) is 0 Å². The van der Waals surface area contributed by atoms with Crippen LogP contribution in [0.15, 0.2) is 11.6 Å². The minimum Gasteiger partial charge on any atom is -0.462 e. The molecule has 0 amide bonds. The van der Waals surface area contributed by atoms with Gasteiger partial charge in [0.25, 0.3) is 0 Å². The van der Waals surface area contributed by atoms with Gasteiger partial charge in [-0.1, -0.05) is 27.7 Å². The maximum absolute atomic E-state index is 10.9. The molecule has 0 aromatic heterocycles. The van der Waals surface area contributed by atoms with Gasteiger partial charge in [0.15, 0.2) is 8.32 Å². The molecule has 132 valence electrons. The molecule has 0 fully saturated rings. The largest absolute Gasteiger partial charge is 0.462 e. The number of rotatable bonds is 7. The second-order valence-corrected chi connectivity index (χ2v) is 12.1. The second-order valence-electron chi connectivity index (χ2n) is 7.36. The Labute approximate surface area is 144 Å². The van der Waals surface area contributed by atoms with Gasteiger partial charge in [-0.2, -0.15) is 0 Å². The van der Waals surface area contributed by atoms with Crippen LogP contribution in [0, 0.1) is 11.8 Å². The summed E-state index contributed by atoms with van der Waals surface area (Å²) in [7, 11) is -1.86. The van der Waals surface area contributed by atoms with Crippen LogP contribution in [-0.4, -0.2) is 27.0 Å². The minimum absolute atomic E-state index is 0.0394. The average Bonchev–Trinajstić information content (AvgIpc) is 2.40. The Morgan fingerprint density at radius 2 is 1.83 bits per heavy atom. The summed E-state index contributed by atoms with van der Waals surface area (Å²) in [5, 5.41) is 0.163. The van der Waals surface area contributed by atoms with Crippen LogP contribution < -0.4 is 0 Å². The highest BCUT2D eigenvalue weighted by Crippen LogP contribution is 2.38. The quantitative estimate of drug-likeness (QED) is 0.281. The fourth-order valence-corrected chi connectivity index (χ4v) is 3.12. The molecule has 1 atom stereocenters. The molecule has 0 N–H and O–H groups in total. The molecule has 0 saturated carbocycles. The van der Waals surface area contributed by atoms with Crippen molar-refractivity contribution in [1.82, 2.24) is 0 Å². The van der Waals surface area contributed by atoms with Crippen LogP contribution in [-0.2, 0) is 14.0 Å². The van der Waals surface area contributed by atoms with Gasteiger partial charge in [0.05, 0.1) is 6.10 Å². The summed E-state index contributed by atoms with van der Waals surface area (Å²) in [5.74, 6) is 6.04. The van der Waals surface area contributed by atoms with Gasteiger partial charge >= 0.3 is 5.97 Å². The van der Waals surface area contributed by atoms with E-state index < -0.39 is 8.32 Å². The highest BCUT2D eigenvalue weighted by Gasteiger charge is 2.39. The molecule has 0 aromatic rings. The van der Waals surface area contributed by atoms with E-state index in [2.05, 4.69) is 59.6 Å². The molecule has 0 bridgehead atoms. The SMILES string of the molecule is CCC#CCC[C@H](O[Si](C)(C)C(C)(C)C)/C(C)=C/COC(C)=O. The lowest BCUT2D eigenvalue weighted by Gasteiger charge is -2.39. The molecule has 0 radical (unpaired) electrons. The summed E-state index contributed by atoms with van der Waals surface area (Å²) >= 11 is 0. The van der Waals surface area contributed by atoms with E-state index in [-0.39, 0.29) is 17.1 Å². The monoisotopic (exact) mass is 338 g/mol. The molecule has 0 aliphatic heterocycles. The van der Waals surface area contributed by atoms with E-state index in [1.165, 1.54) is 6.92 Å². The zero-order chi connectivity index (χ0) is 18.1. The first kappa shape index (κ1) is 21.9. The van der Waals surface area contributed by atoms with Crippen molar-refractivity contribution < 1.29 is 14.0 Å². The number of carbonyl (C=O) groups is 1. The number of ether oxygens (including phenoxy) is 1. The molecule has 0 aromatic carbocycles. The first-order chi connectivity index (χ1) is 10.5. The molecule has 0 aliphatic rings. The summed E-state index contributed by atoms with van der Waals surface area (Å²) in [6, 6.07) is 0. The maximum Gasteiger partial charge on any atom is 0.302 e. The Morgan fingerprint density at radius 1 is 1.22 bits per heavy atom. The van der Waals surface area contributed by atoms with Crippen molar-refractivity contribution >= 4 is 14.3 Å². The smallest absolute Gasteiger partial charge is 0.302 e. The molecule has 0 unspecified atom stereocenters. The third-order valence-electron chi connectivity index (χ3n) is 4.28. The first-order valence-electron chi connectivity index (χ1n) is 8.44. The van der Waals surface area contributed by atoms with Crippen LogP contribution in [0.25, 0.3) is 0 Å². The lowest BCUT2D eigenvalue weighted by Crippen LogP contribution is -2.44. The lowest BCUT2D eigenvalue weighted by molar-refractivity contribution is -0.139. The highest BCUT2D eigenvalue weighted by atomic mass is 28.4. The predicted octanol–water partition coefficient (Wildman–Crippen LogP) is 5.08. The van der Waals surface area contributed by atoms with E-state index in [0.29, 0.717) is 6.61 Å². The molecule has 23 heavy (non-hydrogen) atoms.